The highest BCUT2D eigenvalue weighted by atomic mass is 16.6. The van der Waals surface area contributed by atoms with Crippen molar-refractivity contribution in [3.05, 3.63) is 24.0 Å². The topological polar surface area (TPSA) is 192 Å². The summed E-state index contributed by atoms with van der Waals surface area (Å²) in [5.74, 6) is 1.51. The number of nitrogens with two attached hydrogens (primary N) is 1. The van der Waals surface area contributed by atoms with Gasteiger partial charge >= 0.3 is 0 Å². The number of anilines is 2. The van der Waals surface area contributed by atoms with E-state index in [1.54, 1.807) is 12.1 Å². The summed E-state index contributed by atoms with van der Waals surface area (Å²) in [5, 5.41) is 33.9. The van der Waals surface area contributed by atoms with Gasteiger partial charge in [-0.2, -0.15) is 15.1 Å². The van der Waals surface area contributed by atoms with Crippen molar-refractivity contribution in [2.75, 3.05) is 39.1 Å². The Morgan fingerprint density at radius 3 is 2.44 bits per heavy atom. The number of rotatable bonds is 8. The third kappa shape index (κ3) is 4.14. The quantitative estimate of drug-likeness (QED) is 0.207. The number of fused-ring (bicyclic) bond motifs is 1. The maximum atomic E-state index is 10.3. The van der Waals surface area contributed by atoms with Crippen LogP contribution in [0.5, 0.6) is 17.2 Å². The number of aliphatic hydroxyl groups is 3. The van der Waals surface area contributed by atoms with Gasteiger partial charge in [0.2, 0.25) is 11.7 Å². The smallest absolute Gasteiger partial charge is 0.247 e. The molecule has 14 nitrogen and oxygen atoms in total. The average molecular weight is 475 g/mol. The zero-order chi connectivity index (χ0) is 24.4. The van der Waals surface area contributed by atoms with Gasteiger partial charge in [-0.25, -0.2) is 10.4 Å². The van der Waals surface area contributed by atoms with E-state index in [1.165, 1.54) is 38.4 Å². The third-order valence-corrected chi connectivity index (χ3v) is 5.30. The highest BCUT2D eigenvalue weighted by molar-refractivity contribution is 5.84. The van der Waals surface area contributed by atoms with Crippen molar-refractivity contribution in [1.82, 2.24) is 19.5 Å². The molecular weight excluding hydrogens is 450 g/mol. The maximum absolute atomic E-state index is 10.3. The van der Waals surface area contributed by atoms with E-state index in [1.807, 2.05) is 0 Å². The Morgan fingerprint density at radius 1 is 1.15 bits per heavy atom. The molecule has 2 aromatic heterocycles. The highest BCUT2D eigenvalue weighted by Crippen LogP contribution is 2.38. The van der Waals surface area contributed by atoms with Crippen molar-refractivity contribution in [3.63, 3.8) is 0 Å². The lowest BCUT2D eigenvalue weighted by molar-refractivity contribution is -0.0511. The molecule has 0 amide bonds. The summed E-state index contributed by atoms with van der Waals surface area (Å²) in [6.07, 6.45) is -1.69. The monoisotopic (exact) mass is 475 g/mol. The Morgan fingerprint density at radius 2 is 1.85 bits per heavy atom. The van der Waals surface area contributed by atoms with Crippen molar-refractivity contribution in [3.8, 4) is 17.2 Å². The molecule has 182 valence electrons. The number of aliphatic hydroxyl groups excluding tert-OH is 3. The number of benzene rings is 1. The lowest BCUT2D eigenvalue weighted by Crippen LogP contribution is -2.33. The Balaban J connectivity index is 1.60. The largest absolute Gasteiger partial charge is 0.493 e. The molecule has 0 radical (unpaired) electrons. The molecule has 6 N–H and O–H groups in total. The number of nitrogens with one attached hydrogen (secondary N) is 1. The predicted molar refractivity (Wildman–Crippen MR) is 120 cm³/mol. The second-order valence-corrected chi connectivity index (χ2v) is 7.31. The summed E-state index contributed by atoms with van der Waals surface area (Å²) in [4.78, 5) is 12.7. The molecule has 3 aromatic rings. The van der Waals surface area contributed by atoms with Crippen molar-refractivity contribution >= 4 is 29.1 Å². The van der Waals surface area contributed by atoms with Crippen molar-refractivity contribution < 1.29 is 34.3 Å². The van der Waals surface area contributed by atoms with E-state index in [0.717, 1.165) is 0 Å². The first-order chi connectivity index (χ1) is 16.4. The summed E-state index contributed by atoms with van der Waals surface area (Å²) >= 11 is 0. The van der Waals surface area contributed by atoms with Gasteiger partial charge in [-0.1, -0.05) is 0 Å². The Kier molecular flexibility index (Phi) is 6.65. The van der Waals surface area contributed by atoms with Gasteiger partial charge in [0.25, 0.3) is 0 Å². The fourth-order valence-electron chi connectivity index (χ4n) is 3.62. The van der Waals surface area contributed by atoms with Crippen LogP contribution in [0.3, 0.4) is 0 Å². The number of hydrogen-bond acceptors (Lipinski definition) is 13. The van der Waals surface area contributed by atoms with Crippen LogP contribution >= 0.6 is 0 Å². The molecule has 4 atom stereocenters. The molecule has 0 bridgehead atoms. The Labute approximate surface area is 193 Å². The number of nitrogens with zero attached hydrogens (tertiary/aromatic N) is 5. The van der Waals surface area contributed by atoms with Gasteiger partial charge in [0.15, 0.2) is 29.2 Å². The van der Waals surface area contributed by atoms with Gasteiger partial charge in [0.05, 0.1) is 40.5 Å². The molecule has 34 heavy (non-hydrogen) atoms. The number of nitrogen functional groups attached to an aromatic ring is 1. The molecule has 1 aromatic carbocycles. The van der Waals surface area contributed by atoms with Gasteiger partial charge in [-0.05, 0) is 12.1 Å². The van der Waals surface area contributed by atoms with Gasteiger partial charge in [0, 0.05) is 5.56 Å². The van der Waals surface area contributed by atoms with Crippen LogP contribution in [-0.2, 0) is 4.74 Å². The number of hydrazone groups is 1. The summed E-state index contributed by atoms with van der Waals surface area (Å²) in [7, 11) is 4.54. The van der Waals surface area contributed by atoms with Gasteiger partial charge in [-0.15, -0.1) is 0 Å². The molecule has 0 saturated carbocycles. The highest BCUT2D eigenvalue weighted by Gasteiger charge is 2.44. The van der Waals surface area contributed by atoms with E-state index in [0.29, 0.717) is 22.8 Å². The minimum Gasteiger partial charge on any atom is -0.493 e. The van der Waals surface area contributed by atoms with Gasteiger partial charge in [0.1, 0.15) is 23.8 Å². The zero-order valence-corrected chi connectivity index (χ0v) is 18.6. The fraction of sp³-hybridized carbons (Fsp3) is 0.400. The fourth-order valence-corrected chi connectivity index (χ4v) is 3.62. The number of methoxy groups -OCH3 is 3. The van der Waals surface area contributed by atoms with Gasteiger partial charge < -0.3 is 40.0 Å². The Hall–Kier alpha value is -3.72. The normalized spacial score (nSPS) is 22.4. The molecule has 0 spiro atoms. The summed E-state index contributed by atoms with van der Waals surface area (Å²) in [5.41, 5.74) is 9.88. The van der Waals surface area contributed by atoms with E-state index in [9.17, 15) is 15.3 Å². The summed E-state index contributed by atoms with van der Waals surface area (Å²) in [6, 6.07) is 3.42. The summed E-state index contributed by atoms with van der Waals surface area (Å²) < 4.78 is 22.9. The van der Waals surface area contributed by atoms with Crippen LogP contribution in [0.1, 0.15) is 11.8 Å². The van der Waals surface area contributed by atoms with Crippen LogP contribution in [0.2, 0.25) is 0 Å². The zero-order valence-electron chi connectivity index (χ0n) is 18.6. The van der Waals surface area contributed by atoms with Crippen LogP contribution < -0.4 is 25.4 Å². The first-order valence-electron chi connectivity index (χ1n) is 10.1. The first kappa shape index (κ1) is 23.4. The van der Waals surface area contributed by atoms with E-state index in [2.05, 4.69) is 25.5 Å². The van der Waals surface area contributed by atoms with E-state index < -0.39 is 31.1 Å². The van der Waals surface area contributed by atoms with Crippen LogP contribution in [0.4, 0.5) is 11.8 Å². The van der Waals surface area contributed by atoms with Crippen molar-refractivity contribution in [2.24, 2.45) is 5.10 Å². The number of aromatic nitrogens is 4. The summed E-state index contributed by atoms with van der Waals surface area (Å²) in [6.45, 7) is -0.457. The molecule has 1 aliphatic rings. The number of imidazole rings is 1. The molecule has 3 heterocycles. The van der Waals surface area contributed by atoms with E-state index >= 15 is 0 Å². The van der Waals surface area contributed by atoms with Crippen molar-refractivity contribution in [1.29, 1.82) is 0 Å². The average Bonchev–Trinajstić information content (AvgIpc) is 3.39. The molecule has 1 saturated heterocycles. The molecule has 1 fully saturated rings. The van der Waals surface area contributed by atoms with Crippen LogP contribution in [0.15, 0.2) is 23.6 Å². The predicted octanol–water partition coefficient (Wildman–Crippen LogP) is -0.508. The standard InChI is InChI=1S/C20H25N7O7/c1-31-10-4-9(5-11(32-2)16(10)33-3)6-23-26-20-24-17(21)13-18(25-20)27(8-22-13)19-15(30)14(29)12(7-28)34-19/h4-6,8,12,14-15,19,28-30H,7H2,1-3H3,(H3,21,24,25,26)/b23-6+/t12-,14-,15-,19-/m1/s1. The van der Waals surface area contributed by atoms with Crippen LogP contribution in [0.25, 0.3) is 11.2 Å². The molecular formula is C20H25N7O7. The van der Waals surface area contributed by atoms with E-state index in [-0.39, 0.29) is 22.9 Å². The van der Waals surface area contributed by atoms with Gasteiger partial charge in [-0.3, -0.25) is 4.57 Å². The molecule has 4 rings (SSSR count). The SMILES string of the molecule is COc1cc(/C=N/Nc2nc(N)c3ncn([C@@H]4O[C@H](CO)[C@@H](O)[C@H]4O)c3n2)cc(OC)c1OC. The molecule has 1 aliphatic heterocycles. The minimum absolute atomic E-state index is 0.0576. The lowest BCUT2D eigenvalue weighted by atomic mass is 10.1. The second-order valence-electron chi connectivity index (χ2n) is 7.31. The molecule has 0 aliphatic carbocycles. The lowest BCUT2D eigenvalue weighted by Gasteiger charge is -2.16. The first-order valence-corrected chi connectivity index (χ1v) is 10.1. The minimum atomic E-state index is -1.31. The Bertz CT molecular complexity index is 1180. The number of hydrogen-bond donors (Lipinski definition) is 5. The molecule has 0 unspecified atom stereocenters. The second kappa shape index (κ2) is 9.64. The van der Waals surface area contributed by atoms with Crippen molar-refractivity contribution in [2.45, 2.75) is 24.5 Å². The van der Waals surface area contributed by atoms with Crippen LogP contribution in [0, 0.1) is 0 Å². The third-order valence-electron chi connectivity index (χ3n) is 5.30. The number of ether oxygens (including phenoxy) is 4. The van der Waals surface area contributed by atoms with Crippen LogP contribution in [-0.4, -0.2) is 87.3 Å². The molecule has 14 heteroatoms. The van der Waals surface area contributed by atoms with E-state index in [4.69, 9.17) is 24.7 Å². The maximum Gasteiger partial charge on any atom is 0.247 e.